The number of nitrogens with one attached hydrogen (secondary N) is 1. The number of hydrogen-bond acceptors (Lipinski definition) is 5. The van der Waals surface area contributed by atoms with Crippen molar-refractivity contribution in [1.29, 1.82) is 5.26 Å². The zero-order chi connectivity index (χ0) is 25.6. The van der Waals surface area contributed by atoms with E-state index in [4.69, 9.17) is 14.4 Å². The molecule has 0 atom stereocenters. The number of nitrogens with zero attached hydrogens (tertiary/aromatic N) is 2. The lowest BCUT2D eigenvalue weighted by Crippen LogP contribution is -2.21. The highest BCUT2D eigenvalue weighted by atomic mass is 16.5. The summed E-state index contributed by atoms with van der Waals surface area (Å²) < 4.78 is 11.7. The number of benzene rings is 2. The Kier molecular flexibility index (Phi) is 8.22. The molecule has 186 valence electrons. The van der Waals surface area contributed by atoms with E-state index >= 15 is 0 Å². The summed E-state index contributed by atoms with van der Waals surface area (Å²) in [5.74, 6) is 1.19. The molecule has 0 radical (unpaired) electrons. The van der Waals surface area contributed by atoms with Gasteiger partial charge in [0.2, 0.25) is 11.8 Å². The molecule has 0 saturated carbocycles. The van der Waals surface area contributed by atoms with Gasteiger partial charge in [0.25, 0.3) is 0 Å². The van der Waals surface area contributed by atoms with Gasteiger partial charge in [-0.1, -0.05) is 53.7 Å². The Bertz CT molecular complexity index is 1220. The van der Waals surface area contributed by atoms with Crippen LogP contribution in [-0.2, 0) is 22.0 Å². The van der Waals surface area contributed by atoms with Gasteiger partial charge >= 0.3 is 0 Å². The molecule has 1 N–H and O–H groups in total. The molecule has 1 amide bonds. The minimum Gasteiger partial charge on any atom is -0.493 e. The molecule has 2 aromatic carbocycles. The molecule has 0 aliphatic carbocycles. The van der Waals surface area contributed by atoms with Crippen LogP contribution in [0.3, 0.4) is 0 Å². The van der Waals surface area contributed by atoms with Crippen LogP contribution in [-0.4, -0.2) is 17.5 Å². The first kappa shape index (κ1) is 26.3. The average molecular weight is 476 g/mol. The lowest BCUT2D eigenvalue weighted by molar-refractivity contribution is -0.116. The van der Waals surface area contributed by atoms with E-state index in [1.165, 1.54) is 11.1 Å². The monoisotopic (exact) mass is 475 g/mol. The second-order valence-electron chi connectivity index (χ2n) is 10.3. The van der Waals surface area contributed by atoms with E-state index < -0.39 is 0 Å². The third kappa shape index (κ3) is 6.42. The van der Waals surface area contributed by atoms with Crippen LogP contribution in [0.15, 0.2) is 40.8 Å². The van der Waals surface area contributed by atoms with E-state index in [0.29, 0.717) is 42.1 Å². The smallest absolute Gasteiger partial charge is 0.224 e. The van der Waals surface area contributed by atoms with E-state index in [-0.39, 0.29) is 23.2 Å². The number of aromatic nitrogens is 1. The van der Waals surface area contributed by atoms with Crippen molar-refractivity contribution in [1.82, 2.24) is 4.98 Å². The zero-order valence-corrected chi connectivity index (χ0v) is 21.8. The van der Waals surface area contributed by atoms with Crippen LogP contribution in [0.5, 0.6) is 5.75 Å². The number of oxazole rings is 1. The van der Waals surface area contributed by atoms with Crippen molar-refractivity contribution in [2.75, 3.05) is 11.9 Å². The number of nitriles is 1. The molecule has 1 aromatic heterocycles. The predicted molar refractivity (Wildman–Crippen MR) is 140 cm³/mol. The Balaban J connectivity index is 1.59. The quantitative estimate of drug-likeness (QED) is 0.300. The van der Waals surface area contributed by atoms with Gasteiger partial charge in [0.15, 0.2) is 5.58 Å². The molecule has 35 heavy (non-hydrogen) atoms. The molecule has 0 saturated heterocycles. The Labute approximate surface area is 208 Å². The Hall–Kier alpha value is -3.33. The van der Waals surface area contributed by atoms with Gasteiger partial charge in [-0.15, -0.1) is 0 Å². The van der Waals surface area contributed by atoms with Crippen LogP contribution in [0.2, 0.25) is 0 Å². The number of amides is 1. The number of carbonyl (C=O) groups excluding carboxylic acids is 1. The second-order valence-corrected chi connectivity index (χ2v) is 10.3. The summed E-state index contributed by atoms with van der Waals surface area (Å²) >= 11 is 0. The summed E-state index contributed by atoms with van der Waals surface area (Å²) in [7, 11) is 0. The lowest BCUT2D eigenvalue weighted by atomic mass is 9.76. The summed E-state index contributed by atoms with van der Waals surface area (Å²) in [6, 6.07) is 13.9. The lowest BCUT2D eigenvalue weighted by Gasteiger charge is -2.30. The molecule has 0 aliphatic rings. The molecular weight excluding hydrogens is 438 g/mol. The van der Waals surface area contributed by atoms with Crippen LogP contribution in [0, 0.1) is 11.3 Å². The highest BCUT2D eigenvalue weighted by molar-refractivity contribution is 5.92. The molecule has 3 rings (SSSR count). The molecule has 0 bridgehead atoms. The molecule has 0 spiro atoms. The van der Waals surface area contributed by atoms with Gasteiger partial charge in [-0.2, -0.15) is 5.26 Å². The van der Waals surface area contributed by atoms with E-state index in [2.05, 4.69) is 70.0 Å². The minimum atomic E-state index is -0.0807. The summed E-state index contributed by atoms with van der Waals surface area (Å²) in [4.78, 5) is 16.8. The van der Waals surface area contributed by atoms with Crippen molar-refractivity contribution in [2.45, 2.75) is 84.5 Å². The van der Waals surface area contributed by atoms with E-state index in [9.17, 15) is 4.79 Å². The maximum Gasteiger partial charge on any atom is 0.224 e. The van der Waals surface area contributed by atoms with Crippen molar-refractivity contribution in [2.24, 2.45) is 0 Å². The fourth-order valence-electron chi connectivity index (χ4n) is 3.83. The van der Waals surface area contributed by atoms with Gasteiger partial charge in [0.05, 0.1) is 12.7 Å². The second kappa shape index (κ2) is 10.9. The highest BCUT2D eigenvalue weighted by Gasteiger charge is 2.26. The van der Waals surface area contributed by atoms with Gasteiger partial charge < -0.3 is 14.5 Å². The predicted octanol–water partition coefficient (Wildman–Crippen LogP) is 7.07. The molecule has 0 unspecified atom stereocenters. The number of ether oxygens (including phenoxy) is 1. The Morgan fingerprint density at radius 1 is 1.09 bits per heavy atom. The van der Waals surface area contributed by atoms with E-state index in [1.54, 1.807) is 18.2 Å². The van der Waals surface area contributed by atoms with Crippen molar-refractivity contribution in [3.8, 4) is 11.8 Å². The summed E-state index contributed by atoms with van der Waals surface area (Å²) in [6.07, 6.45) is 3.16. The van der Waals surface area contributed by atoms with Gasteiger partial charge in [0, 0.05) is 17.7 Å². The molecule has 6 nitrogen and oxygen atoms in total. The Morgan fingerprint density at radius 3 is 2.51 bits per heavy atom. The normalized spacial score (nSPS) is 11.9. The average Bonchev–Trinajstić information content (AvgIpc) is 3.23. The van der Waals surface area contributed by atoms with Crippen LogP contribution in [0.25, 0.3) is 11.1 Å². The van der Waals surface area contributed by atoms with Gasteiger partial charge in [0.1, 0.15) is 17.7 Å². The zero-order valence-electron chi connectivity index (χ0n) is 21.8. The number of carbonyl (C=O) groups is 1. The van der Waals surface area contributed by atoms with Crippen molar-refractivity contribution < 1.29 is 13.9 Å². The van der Waals surface area contributed by atoms with E-state index in [0.717, 1.165) is 18.6 Å². The summed E-state index contributed by atoms with van der Waals surface area (Å²) in [6.45, 7) is 13.9. The fourth-order valence-corrected chi connectivity index (χ4v) is 3.83. The summed E-state index contributed by atoms with van der Waals surface area (Å²) in [5, 5.41) is 11.7. The van der Waals surface area contributed by atoms with Crippen molar-refractivity contribution >= 4 is 22.7 Å². The van der Waals surface area contributed by atoms with Crippen LogP contribution in [0.1, 0.15) is 84.2 Å². The first-order valence-corrected chi connectivity index (χ1v) is 12.4. The molecule has 1 heterocycles. The van der Waals surface area contributed by atoms with Gasteiger partial charge in [-0.3, -0.25) is 4.79 Å². The van der Waals surface area contributed by atoms with Crippen LogP contribution >= 0.6 is 0 Å². The summed E-state index contributed by atoms with van der Waals surface area (Å²) in [5.41, 5.74) is 4.53. The third-order valence-electron chi connectivity index (χ3n) is 7.01. The maximum atomic E-state index is 12.5. The number of anilines is 1. The topological polar surface area (TPSA) is 88.1 Å². The van der Waals surface area contributed by atoms with Crippen molar-refractivity contribution in [3.63, 3.8) is 0 Å². The minimum absolute atomic E-state index is 0.000586. The van der Waals surface area contributed by atoms with Gasteiger partial charge in [-0.25, -0.2) is 4.98 Å². The van der Waals surface area contributed by atoms with Crippen LogP contribution in [0.4, 0.5) is 5.69 Å². The molecular formula is C29H37N3O3. The third-order valence-corrected chi connectivity index (χ3v) is 7.01. The standard InChI is InChI=1S/C29H37N3O3/c1-7-28(3,4)20-11-13-24(22(18-20)29(5,6)8-2)34-17-9-10-26(33)31-21-12-14-25-23(19-21)32-27(35-25)15-16-30/h11-14,18-19H,7-10,15,17H2,1-6H3,(H,31,33). The van der Waals surface area contributed by atoms with Crippen LogP contribution < -0.4 is 10.1 Å². The molecule has 0 aliphatic heterocycles. The first-order chi connectivity index (χ1) is 16.6. The van der Waals surface area contributed by atoms with Crippen molar-refractivity contribution in [3.05, 3.63) is 53.4 Å². The van der Waals surface area contributed by atoms with E-state index in [1.807, 2.05) is 6.07 Å². The number of rotatable bonds is 11. The SMILES string of the molecule is CCC(C)(C)c1ccc(OCCCC(=O)Nc2ccc3oc(CC#N)nc3c2)c(C(C)(C)CC)c1. The molecule has 6 heteroatoms. The highest BCUT2D eigenvalue weighted by Crippen LogP contribution is 2.38. The maximum absolute atomic E-state index is 12.5. The van der Waals surface area contributed by atoms with Gasteiger partial charge in [-0.05, 0) is 59.9 Å². The first-order valence-electron chi connectivity index (χ1n) is 12.4. The fraction of sp³-hybridized carbons (Fsp3) is 0.483. The molecule has 3 aromatic rings. The Morgan fingerprint density at radius 2 is 1.83 bits per heavy atom. The number of fused-ring (bicyclic) bond motifs is 1. The number of hydrogen-bond donors (Lipinski definition) is 1. The largest absolute Gasteiger partial charge is 0.493 e. The molecule has 0 fully saturated rings.